The van der Waals surface area contributed by atoms with Gasteiger partial charge in [0.05, 0.1) is 28.1 Å². The molecule has 1 aromatic rings. The number of piperidine rings is 1. The van der Waals surface area contributed by atoms with Gasteiger partial charge in [0.15, 0.2) is 0 Å². The van der Waals surface area contributed by atoms with Crippen LogP contribution in [0.1, 0.15) is 25.3 Å². The van der Waals surface area contributed by atoms with Crippen molar-refractivity contribution in [2.75, 3.05) is 13.2 Å². The Labute approximate surface area is 129 Å². The van der Waals surface area contributed by atoms with Gasteiger partial charge in [-0.3, -0.25) is 0 Å². The van der Waals surface area contributed by atoms with E-state index >= 15 is 0 Å². The highest BCUT2D eigenvalue weighted by Crippen LogP contribution is 2.30. The molecule has 21 heavy (non-hydrogen) atoms. The zero-order valence-electron chi connectivity index (χ0n) is 11.7. The third kappa shape index (κ3) is 3.06. The number of nitriles is 1. The Bertz CT molecular complexity index is 669. The number of halogens is 1. The van der Waals surface area contributed by atoms with E-state index in [0.29, 0.717) is 6.54 Å². The lowest BCUT2D eigenvalue weighted by atomic mass is 9.93. The molecule has 0 bridgehead atoms. The van der Waals surface area contributed by atoms with Gasteiger partial charge in [0.1, 0.15) is 6.07 Å². The molecule has 1 aromatic carbocycles. The maximum Gasteiger partial charge on any atom is 0.243 e. The summed E-state index contributed by atoms with van der Waals surface area (Å²) >= 11 is 5.92. The lowest BCUT2D eigenvalue weighted by Gasteiger charge is -2.37. The van der Waals surface area contributed by atoms with Gasteiger partial charge in [-0.1, -0.05) is 18.5 Å². The first-order valence-corrected chi connectivity index (χ1v) is 8.56. The van der Waals surface area contributed by atoms with Crippen molar-refractivity contribution >= 4 is 21.6 Å². The molecule has 0 saturated carbocycles. The van der Waals surface area contributed by atoms with Crippen LogP contribution in [0.2, 0.25) is 5.02 Å². The van der Waals surface area contributed by atoms with Gasteiger partial charge >= 0.3 is 0 Å². The molecule has 0 aromatic heterocycles. The number of nitrogens with zero attached hydrogens (tertiary/aromatic N) is 2. The SMILES string of the molecule is C[C@@H]1CCCN(S(=O)(=O)c2ccc(C#N)c(Cl)c2)[C@H]1CO. The summed E-state index contributed by atoms with van der Waals surface area (Å²) in [5, 5.41) is 18.5. The van der Waals surface area contributed by atoms with Crippen molar-refractivity contribution in [1.82, 2.24) is 4.31 Å². The molecule has 1 aliphatic rings. The lowest BCUT2D eigenvalue weighted by Crippen LogP contribution is -2.49. The maximum atomic E-state index is 12.7. The molecule has 2 rings (SSSR count). The standard InChI is InChI=1S/C14H17ClN2O3S/c1-10-3-2-6-17(14(10)9-18)21(19,20)12-5-4-11(8-16)13(15)7-12/h4-5,7,10,14,18H,2-3,6,9H2,1H3/t10-,14+/m1/s1. The zero-order chi connectivity index (χ0) is 15.6. The molecule has 2 atom stereocenters. The van der Waals surface area contributed by atoms with Crippen LogP contribution >= 0.6 is 11.6 Å². The lowest BCUT2D eigenvalue weighted by molar-refractivity contribution is 0.113. The van der Waals surface area contributed by atoms with Crippen molar-refractivity contribution in [3.8, 4) is 6.07 Å². The number of benzene rings is 1. The van der Waals surface area contributed by atoms with Gasteiger partial charge in [-0.2, -0.15) is 9.57 Å². The number of hydrogen-bond acceptors (Lipinski definition) is 4. The van der Waals surface area contributed by atoms with E-state index in [0.717, 1.165) is 12.8 Å². The van der Waals surface area contributed by atoms with Crippen molar-refractivity contribution in [3.63, 3.8) is 0 Å². The van der Waals surface area contributed by atoms with Crippen molar-refractivity contribution in [2.24, 2.45) is 5.92 Å². The van der Waals surface area contributed by atoms with Crippen molar-refractivity contribution < 1.29 is 13.5 Å². The van der Waals surface area contributed by atoms with Crippen LogP contribution in [0.25, 0.3) is 0 Å². The van der Waals surface area contributed by atoms with Crippen LogP contribution < -0.4 is 0 Å². The number of sulfonamides is 1. The molecule has 1 heterocycles. The average Bonchev–Trinajstić information content (AvgIpc) is 2.46. The van der Waals surface area contributed by atoms with E-state index in [1.54, 1.807) is 0 Å². The number of aliphatic hydroxyl groups is 1. The maximum absolute atomic E-state index is 12.7. The van der Waals surface area contributed by atoms with E-state index in [4.69, 9.17) is 16.9 Å². The molecule has 0 spiro atoms. The number of hydrogen-bond donors (Lipinski definition) is 1. The molecule has 1 aliphatic heterocycles. The van der Waals surface area contributed by atoms with Crippen LogP contribution in [-0.4, -0.2) is 37.0 Å². The van der Waals surface area contributed by atoms with Crippen LogP contribution in [0.4, 0.5) is 0 Å². The van der Waals surface area contributed by atoms with Crippen molar-refractivity contribution in [2.45, 2.75) is 30.7 Å². The minimum absolute atomic E-state index is 0.0547. The average molecular weight is 329 g/mol. The third-order valence-electron chi connectivity index (χ3n) is 3.92. The molecule has 7 heteroatoms. The summed E-state index contributed by atoms with van der Waals surface area (Å²) in [5.74, 6) is 0.104. The van der Waals surface area contributed by atoms with Crippen LogP contribution in [0.5, 0.6) is 0 Å². The quantitative estimate of drug-likeness (QED) is 0.920. The Kier molecular flexibility index (Phi) is 4.89. The van der Waals surface area contributed by atoms with E-state index in [9.17, 15) is 13.5 Å². The van der Waals surface area contributed by atoms with E-state index in [1.807, 2.05) is 13.0 Å². The van der Waals surface area contributed by atoms with E-state index in [1.165, 1.54) is 22.5 Å². The number of aliphatic hydroxyl groups excluding tert-OH is 1. The van der Waals surface area contributed by atoms with Gasteiger partial charge in [0.25, 0.3) is 0 Å². The van der Waals surface area contributed by atoms with Gasteiger partial charge in [-0.15, -0.1) is 0 Å². The predicted molar refractivity (Wildman–Crippen MR) is 79.3 cm³/mol. The normalized spacial score (nSPS) is 23.7. The molecular weight excluding hydrogens is 312 g/mol. The second kappa shape index (κ2) is 6.32. The van der Waals surface area contributed by atoms with Crippen LogP contribution in [0.3, 0.4) is 0 Å². The van der Waals surface area contributed by atoms with Gasteiger partial charge in [-0.25, -0.2) is 8.42 Å². The van der Waals surface area contributed by atoms with Gasteiger partial charge in [-0.05, 0) is 37.0 Å². The first kappa shape index (κ1) is 16.2. The van der Waals surface area contributed by atoms with Crippen LogP contribution in [0.15, 0.2) is 23.1 Å². The van der Waals surface area contributed by atoms with E-state index in [-0.39, 0.29) is 28.0 Å². The van der Waals surface area contributed by atoms with E-state index in [2.05, 4.69) is 0 Å². The molecule has 5 nitrogen and oxygen atoms in total. The van der Waals surface area contributed by atoms with Crippen LogP contribution in [0, 0.1) is 17.2 Å². The summed E-state index contributed by atoms with van der Waals surface area (Å²) < 4.78 is 26.8. The summed E-state index contributed by atoms with van der Waals surface area (Å²) in [5.41, 5.74) is 0.237. The highest BCUT2D eigenvalue weighted by Gasteiger charge is 2.36. The second-order valence-corrected chi connectivity index (χ2v) is 7.54. The molecule has 1 saturated heterocycles. The molecule has 0 amide bonds. The van der Waals surface area contributed by atoms with Gasteiger partial charge in [0.2, 0.25) is 10.0 Å². The molecule has 1 N–H and O–H groups in total. The highest BCUT2D eigenvalue weighted by atomic mass is 35.5. The summed E-state index contributed by atoms with van der Waals surface area (Å²) in [6, 6.07) is 5.56. The van der Waals surface area contributed by atoms with Gasteiger partial charge < -0.3 is 5.11 Å². The van der Waals surface area contributed by atoms with Crippen molar-refractivity contribution in [3.05, 3.63) is 28.8 Å². The summed E-state index contributed by atoms with van der Waals surface area (Å²) in [7, 11) is -3.72. The largest absolute Gasteiger partial charge is 0.395 e. The molecule has 0 aliphatic carbocycles. The monoisotopic (exact) mass is 328 g/mol. The molecule has 114 valence electrons. The minimum Gasteiger partial charge on any atom is -0.395 e. The first-order valence-electron chi connectivity index (χ1n) is 6.74. The smallest absolute Gasteiger partial charge is 0.243 e. The van der Waals surface area contributed by atoms with Crippen molar-refractivity contribution in [1.29, 1.82) is 5.26 Å². The fraction of sp³-hybridized carbons (Fsp3) is 0.500. The highest BCUT2D eigenvalue weighted by molar-refractivity contribution is 7.89. The number of rotatable bonds is 3. The second-order valence-electron chi connectivity index (χ2n) is 5.24. The Balaban J connectivity index is 2.41. The summed E-state index contributed by atoms with van der Waals surface area (Å²) in [6.07, 6.45) is 1.66. The fourth-order valence-corrected chi connectivity index (χ4v) is 4.73. The predicted octanol–water partition coefficient (Wildman–Crippen LogP) is 1.99. The Morgan fingerprint density at radius 2 is 2.24 bits per heavy atom. The Morgan fingerprint density at radius 3 is 2.81 bits per heavy atom. The minimum atomic E-state index is -3.72. The molecule has 1 fully saturated rings. The molecule has 0 unspecified atom stereocenters. The fourth-order valence-electron chi connectivity index (χ4n) is 2.66. The molecular formula is C14H17ClN2O3S. The first-order chi connectivity index (χ1) is 9.91. The third-order valence-corrected chi connectivity index (χ3v) is 6.15. The topological polar surface area (TPSA) is 81.4 Å². The molecule has 0 radical (unpaired) electrons. The Morgan fingerprint density at radius 1 is 1.52 bits per heavy atom. The van der Waals surface area contributed by atoms with E-state index < -0.39 is 16.1 Å². The van der Waals surface area contributed by atoms with Gasteiger partial charge in [0, 0.05) is 6.54 Å². The summed E-state index contributed by atoms with van der Waals surface area (Å²) in [4.78, 5) is 0.0547. The van der Waals surface area contributed by atoms with Crippen LogP contribution in [-0.2, 0) is 10.0 Å². The zero-order valence-corrected chi connectivity index (χ0v) is 13.2. The Hall–Kier alpha value is -1.13. The summed E-state index contributed by atoms with van der Waals surface area (Å²) in [6.45, 7) is 2.12.